The molecule has 5 heteroatoms. The fourth-order valence-electron chi connectivity index (χ4n) is 5.83. The van der Waals surface area contributed by atoms with E-state index in [9.17, 15) is 0 Å². The summed E-state index contributed by atoms with van der Waals surface area (Å²) >= 11 is 5.98. The van der Waals surface area contributed by atoms with E-state index >= 15 is 0 Å². The zero-order chi connectivity index (χ0) is 22.2. The van der Waals surface area contributed by atoms with Crippen LogP contribution in [0.3, 0.4) is 0 Å². The van der Waals surface area contributed by atoms with Crippen LogP contribution >= 0.6 is 12.2 Å². The lowest BCUT2D eigenvalue weighted by atomic mass is 9.89. The zero-order valence-electron chi connectivity index (χ0n) is 19.2. The Morgan fingerprint density at radius 3 is 2.31 bits per heavy atom. The lowest BCUT2D eigenvalue weighted by Crippen LogP contribution is -2.40. The predicted molar refractivity (Wildman–Crippen MR) is 134 cm³/mol. The largest absolute Gasteiger partial charge is 0.352 e. The molecule has 2 fully saturated rings. The van der Waals surface area contributed by atoms with Gasteiger partial charge in [0.1, 0.15) is 0 Å². The second kappa shape index (κ2) is 8.70. The fraction of sp³-hybridized carbons (Fsp3) is 0.407. The summed E-state index contributed by atoms with van der Waals surface area (Å²) < 4.78 is 2.40. The minimum absolute atomic E-state index is 0.0500. The van der Waals surface area contributed by atoms with Crippen molar-refractivity contribution in [3.63, 3.8) is 0 Å². The van der Waals surface area contributed by atoms with Crippen molar-refractivity contribution in [2.45, 2.75) is 71.0 Å². The molecule has 1 aliphatic carbocycles. The average molecular weight is 445 g/mol. The third-order valence-corrected chi connectivity index (χ3v) is 7.75. The molecule has 0 radical (unpaired) electrons. The molecule has 1 saturated carbocycles. The van der Waals surface area contributed by atoms with Gasteiger partial charge in [-0.2, -0.15) is 0 Å². The highest BCUT2D eigenvalue weighted by molar-refractivity contribution is 7.80. The lowest BCUT2D eigenvalue weighted by Gasteiger charge is -2.37. The summed E-state index contributed by atoms with van der Waals surface area (Å²) in [6, 6.07) is 17.5. The van der Waals surface area contributed by atoms with Crippen molar-refractivity contribution < 1.29 is 0 Å². The second-order valence-electron chi connectivity index (χ2n) is 9.21. The molecule has 0 spiro atoms. The third kappa shape index (κ3) is 3.53. The molecule has 3 aromatic rings. The number of aromatic nitrogens is 2. The first-order valence-electron chi connectivity index (χ1n) is 11.8. The highest BCUT2D eigenvalue weighted by atomic mass is 32.1. The van der Waals surface area contributed by atoms with Gasteiger partial charge in [-0.05, 0) is 75.7 Å². The Morgan fingerprint density at radius 2 is 1.62 bits per heavy atom. The number of pyridine rings is 1. The number of rotatable bonds is 4. The number of thiocarbonyl (C=S) groups is 1. The SMILES string of the molecule is Cc1c([C@@H]2[C@H](c3ccccn3)NC(=S)N2C2CCCCC2)c(C)n(-c2ccccc2)c1C. The molecule has 5 rings (SSSR count). The van der Waals surface area contributed by atoms with E-state index in [1.165, 1.54) is 60.3 Å². The van der Waals surface area contributed by atoms with Crippen molar-refractivity contribution >= 4 is 17.3 Å². The predicted octanol–water partition coefficient (Wildman–Crippen LogP) is 6.10. The van der Waals surface area contributed by atoms with Crippen molar-refractivity contribution in [3.05, 3.63) is 82.9 Å². The minimum Gasteiger partial charge on any atom is -0.352 e. The summed E-state index contributed by atoms with van der Waals surface area (Å²) in [5, 5.41) is 4.55. The molecule has 32 heavy (non-hydrogen) atoms. The molecule has 3 heterocycles. The Kier molecular flexibility index (Phi) is 5.76. The van der Waals surface area contributed by atoms with Crippen LogP contribution < -0.4 is 5.32 Å². The highest BCUT2D eigenvalue weighted by Gasteiger charge is 2.45. The number of hydrogen-bond acceptors (Lipinski definition) is 2. The first-order valence-corrected chi connectivity index (χ1v) is 12.2. The number of para-hydroxylation sites is 1. The van der Waals surface area contributed by atoms with E-state index in [1.54, 1.807) is 0 Å². The molecular formula is C27H32N4S. The smallest absolute Gasteiger partial charge is 0.170 e. The molecule has 1 aliphatic heterocycles. The monoisotopic (exact) mass is 444 g/mol. The van der Waals surface area contributed by atoms with Gasteiger partial charge in [0.15, 0.2) is 5.11 Å². The lowest BCUT2D eigenvalue weighted by molar-refractivity contribution is 0.196. The van der Waals surface area contributed by atoms with Crippen LogP contribution in [0.4, 0.5) is 0 Å². The molecule has 0 unspecified atom stereocenters. The van der Waals surface area contributed by atoms with Gasteiger partial charge in [-0.1, -0.05) is 43.5 Å². The van der Waals surface area contributed by atoms with Gasteiger partial charge in [0.05, 0.1) is 17.8 Å². The third-order valence-electron chi connectivity index (χ3n) is 7.42. The van der Waals surface area contributed by atoms with Crippen LogP contribution in [0.2, 0.25) is 0 Å². The molecule has 1 N–H and O–H groups in total. The summed E-state index contributed by atoms with van der Waals surface area (Å²) in [5.41, 5.74) is 7.60. The van der Waals surface area contributed by atoms with E-state index in [2.05, 4.69) is 78.0 Å². The molecule has 0 bridgehead atoms. The van der Waals surface area contributed by atoms with Crippen LogP contribution in [0.25, 0.3) is 5.69 Å². The van der Waals surface area contributed by atoms with Crippen molar-refractivity contribution in [3.8, 4) is 5.69 Å². The van der Waals surface area contributed by atoms with E-state index in [0.29, 0.717) is 6.04 Å². The van der Waals surface area contributed by atoms with Crippen LogP contribution in [0, 0.1) is 20.8 Å². The Morgan fingerprint density at radius 1 is 0.906 bits per heavy atom. The van der Waals surface area contributed by atoms with Gasteiger partial charge >= 0.3 is 0 Å². The number of nitrogens with one attached hydrogen (secondary N) is 1. The molecule has 2 aromatic heterocycles. The Labute approximate surface area is 196 Å². The van der Waals surface area contributed by atoms with Gasteiger partial charge in [-0.15, -0.1) is 0 Å². The van der Waals surface area contributed by atoms with Crippen LogP contribution in [-0.2, 0) is 0 Å². The normalized spacial score (nSPS) is 21.7. The van der Waals surface area contributed by atoms with Crippen LogP contribution in [0.5, 0.6) is 0 Å². The molecule has 166 valence electrons. The zero-order valence-corrected chi connectivity index (χ0v) is 20.0. The van der Waals surface area contributed by atoms with Gasteiger partial charge < -0.3 is 14.8 Å². The summed E-state index contributed by atoms with van der Waals surface area (Å²) in [5.74, 6) is 0. The first kappa shape index (κ1) is 21.2. The van der Waals surface area contributed by atoms with Gasteiger partial charge in [0, 0.05) is 34.9 Å². The molecule has 1 saturated heterocycles. The second-order valence-corrected chi connectivity index (χ2v) is 9.59. The van der Waals surface area contributed by atoms with E-state index in [-0.39, 0.29) is 12.1 Å². The molecule has 4 nitrogen and oxygen atoms in total. The van der Waals surface area contributed by atoms with E-state index in [1.807, 2.05) is 12.3 Å². The molecule has 1 aromatic carbocycles. The number of nitrogens with zero attached hydrogens (tertiary/aromatic N) is 3. The first-order chi connectivity index (χ1) is 15.6. The summed E-state index contributed by atoms with van der Waals surface area (Å²) in [4.78, 5) is 7.27. The summed E-state index contributed by atoms with van der Waals surface area (Å²) in [6.45, 7) is 6.77. The van der Waals surface area contributed by atoms with Crippen molar-refractivity contribution in [2.24, 2.45) is 0 Å². The summed E-state index contributed by atoms with van der Waals surface area (Å²) in [7, 11) is 0. The van der Waals surface area contributed by atoms with Gasteiger partial charge in [-0.25, -0.2) is 0 Å². The summed E-state index contributed by atoms with van der Waals surface area (Å²) in [6.07, 6.45) is 8.22. The van der Waals surface area contributed by atoms with Crippen molar-refractivity contribution in [1.29, 1.82) is 0 Å². The quantitative estimate of drug-likeness (QED) is 0.493. The average Bonchev–Trinajstić information content (AvgIpc) is 3.28. The van der Waals surface area contributed by atoms with Gasteiger partial charge in [-0.3, -0.25) is 4.98 Å². The maximum absolute atomic E-state index is 5.98. The van der Waals surface area contributed by atoms with Crippen LogP contribution in [-0.4, -0.2) is 25.6 Å². The van der Waals surface area contributed by atoms with Crippen molar-refractivity contribution in [2.75, 3.05) is 0 Å². The van der Waals surface area contributed by atoms with Crippen LogP contribution in [0.1, 0.15) is 72.4 Å². The van der Waals surface area contributed by atoms with Crippen molar-refractivity contribution in [1.82, 2.24) is 19.8 Å². The fourth-order valence-corrected chi connectivity index (χ4v) is 6.22. The molecule has 2 atom stereocenters. The van der Waals surface area contributed by atoms with E-state index < -0.39 is 0 Å². The maximum atomic E-state index is 5.98. The topological polar surface area (TPSA) is 33.1 Å². The van der Waals surface area contributed by atoms with Gasteiger partial charge in [0.25, 0.3) is 0 Å². The number of benzene rings is 1. The van der Waals surface area contributed by atoms with Gasteiger partial charge in [0.2, 0.25) is 0 Å². The number of hydrogen-bond donors (Lipinski definition) is 1. The minimum atomic E-state index is 0.0500. The van der Waals surface area contributed by atoms with E-state index in [4.69, 9.17) is 17.2 Å². The highest BCUT2D eigenvalue weighted by Crippen LogP contribution is 2.46. The Hall–Kier alpha value is -2.66. The van der Waals surface area contributed by atoms with Crippen LogP contribution in [0.15, 0.2) is 54.7 Å². The Balaban J connectivity index is 1.67. The van der Waals surface area contributed by atoms with E-state index in [0.717, 1.165) is 10.8 Å². The Bertz CT molecular complexity index is 1100. The maximum Gasteiger partial charge on any atom is 0.170 e. The molecule has 2 aliphatic rings. The molecule has 0 amide bonds. The standard InChI is InChI=1S/C27H32N4S/c1-18-19(2)30(21-12-6-4-7-13-21)20(3)24(18)26-25(23-16-10-11-17-28-23)29-27(32)31(26)22-14-8-5-9-15-22/h4,6-7,10-13,16-17,22,25-26H,5,8-9,14-15H2,1-3H3,(H,29,32)/t25-,26+/m0/s1. The molecular weight excluding hydrogens is 412 g/mol.